The van der Waals surface area contributed by atoms with Crippen molar-refractivity contribution in [2.75, 3.05) is 0 Å². The smallest absolute Gasteiger partial charge is 0.131 e. The van der Waals surface area contributed by atoms with Gasteiger partial charge in [-0.3, -0.25) is 0 Å². The van der Waals surface area contributed by atoms with Gasteiger partial charge in [-0.2, -0.15) is 0 Å². The first-order valence-electron chi connectivity index (χ1n) is 5.47. The summed E-state index contributed by atoms with van der Waals surface area (Å²) in [5.74, 6) is 1.18. The van der Waals surface area contributed by atoms with Crippen LogP contribution in [0.1, 0.15) is 11.1 Å². The normalized spacial score (nSPS) is 10.9. The predicted molar refractivity (Wildman–Crippen MR) is 83.8 cm³/mol. The van der Waals surface area contributed by atoms with Crippen molar-refractivity contribution in [2.45, 2.75) is 11.5 Å². The molecular weight excluding hydrogens is 376 g/mol. The minimum Gasteiger partial charge on any atom is -0.616 e. The Kier molecular flexibility index (Phi) is 5.30. The van der Waals surface area contributed by atoms with Crippen LogP contribution in [0.2, 0.25) is 0 Å². The molecule has 0 radical (unpaired) electrons. The third-order valence-corrected chi connectivity index (χ3v) is 4.73. The highest BCUT2D eigenvalue weighted by Crippen LogP contribution is 2.18. The van der Waals surface area contributed by atoms with E-state index in [1.807, 2.05) is 48.5 Å². The van der Waals surface area contributed by atoms with Crippen LogP contribution >= 0.6 is 31.9 Å². The van der Waals surface area contributed by atoms with Crippen molar-refractivity contribution in [3.8, 4) is 0 Å². The Hall–Kier alpha value is -0.290. The van der Waals surface area contributed by atoms with Gasteiger partial charge in [0, 0.05) is 20.1 Å². The van der Waals surface area contributed by atoms with E-state index < -0.39 is 11.2 Å². The van der Waals surface area contributed by atoms with Gasteiger partial charge >= 0.3 is 0 Å². The SMILES string of the molecule is [O-][S+](Cc1cccc(Br)c1)Cc1cccc(Br)c1. The molecule has 0 aliphatic carbocycles. The maximum atomic E-state index is 12.1. The van der Waals surface area contributed by atoms with Crippen LogP contribution in [-0.2, 0) is 22.7 Å². The van der Waals surface area contributed by atoms with Crippen molar-refractivity contribution in [3.05, 3.63) is 68.6 Å². The standard InChI is InChI=1S/C14H12Br2OS/c15-13-5-1-3-11(7-13)9-18(17)10-12-4-2-6-14(16)8-12/h1-8H,9-10H2. The second-order valence-electron chi connectivity index (χ2n) is 3.99. The highest BCUT2D eigenvalue weighted by molar-refractivity contribution is 9.10. The summed E-state index contributed by atoms with van der Waals surface area (Å²) in [6, 6.07) is 15.9. The van der Waals surface area contributed by atoms with Crippen LogP contribution in [0.3, 0.4) is 0 Å². The largest absolute Gasteiger partial charge is 0.616 e. The molecule has 0 aliphatic heterocycles. The quantitative estimate of drug-likeness (QED) is 0.699. The molecule has 2 rings (SSSR count). The zero-order valence-electron chi connectivity index (χ0n) is 9.61. The third-order valence-electron chi connectivity index (χ3n) is 2.43. The van der Waals surface area contributed by atoms with E-state index in [0.29, 0.717) is 11.5 Å². The van der Waals surface area contributed by atoms with Crippen molar-refractivity contribution < 1.29 is 4.55 Å². The molecule has 0 saturated carbocycles. The van der Waals surface area contributed by atoms with Crippen LogP contribution in [-0.4, -0.2) is 4.55 Å². The van der Waals surface area contributed by atoms with E-state index in [2.05, 4.69) is 31.9 Å². The number of rotatable bonds is 4. The van der Waals surface area contributed by atoms with Gasteiger partial charge in [0.2, 0.25) is 0 Å². The van der Waals surface area contributed by atoms with Gasteiger partial charge in [0.1, 0.15) is 11.5 Å². The lowest BCUT2D eigenvalue weighted by Crippen LogP contribution is -2.07. The fraction of sp³-hybridized carbons (Fsp3) is 0.143. The molecule has 0 aliphatic rings. The van der Waals surface area contributed by atoms with Gasteiger partial charge in [0.15, 0.2) is 0 Å². The van der Waals surface area contributed by atoms with Crippen LogP contribution in [0.15, 0.2) is 57.5 Å². The lowest BCUT2D eigenvalue weighted by Gasteiger charge is -2.11. The van der Waals surface area contributed by atoms with E-state index >= 15 is 0 Å². The lowest BCUT2D eigenvalue weighted by molar-refractivity contribution is 0.593. The first-order chi connectivity index (χ1) is 8.63. The summed E-state index contributed by atoms with van der Waals surface area (Å²) < 4.78 is 14.1. The second-order valence-corrected chi connectivity index (χ2v) is 7.28. The maximum absolute atomic E-state index is 12.1. The molecule has 0 heterocycles. The van der Waals surface area contributed by atoms with Gasteiger partial charge < -0.3 is 4.55 Å². The Morgan fingerprint density at radius 1 is 0.833 bits per heavy atom. The van der Waals surface area contributed by atoms with Crippen LogP contribution in [0.25, 0.3) is 0 Å². The molecular formula is C14H12Br2OS. The van der Waals surface area contributed by atoms with E-state index in [1.165, 1.54) is 0 Å². The van der Waals surface area contributed by atoms with Gasteiger partial charge in [0.25, 0.3) is 0 Å². The molecule has 94 valence electrons. The molecule has 0 amide bonds. The lowest BCUT2D eigenvalue weighted by atomic mass is 10.2. The molecule has 0 unspecified atom stereocenters. The Balaban J connectivity index is 1.98. The Bertz CT molecular complexity index is 483. The first kappa shape index (κ1) is 14.1. The summed E-state index contributed by atoms with van der Waals surface area (Å²) in [4.78, 5) is 0. The Labute approximate surface area is 127 Å². The molecule has 2 aromatic carbocycles. The summed E-state index contributed by atoms with van der Waals surface area (Å²) in [5.41, 5.74) is 2.19. The van der Waals surface area contributed by atoms with E-state index in [4.69, 9.17) is 0 Å². The summed E-state index contributed by atoms with van der Waals surface area (Å²) >= 11 is 5.97. The predicted octanol–water partition coefficient (Wildman–Crippen LogP) is 4.66. The van der Waals surface area contributed by atoms with E-state index in [9.17, 15) is 4.55 Å². The monoisotopic (exact) mass is 386 g/mol. The molecule has 4 heteroatoms. The zero-order valence-corrected chi connectivity index (χ0v) is 13.6. The molecule has 0 N–H and O–H groups in total. The van der Waals surface area contributed by atoms with Crippen LogP contribution in [0, 0.1) is 0 Å². The molecule has 0 saturated heterocycles. The van der Waals surface area contributed by atoms with Gasteiger partial charge in [-0.15, -0.1) is 0 Å². The second kappa shape index (κ2) is 6.75. The van der Waals surface area contributed by atoms with E-state index in [-0.39, 0.29) is 0 Å². The number of halogens is 2. The highest BCUT2D eigenvalue weighted by Gasteiger charge is 2.09. The first-order valence-corrected chi connectivity index (χ1v) is 8.55. The van der Waals surface area contributed by atoms with Crippen LogP contribution in [0.4, 0.5) is 0 Å². The van der Waals surface area contributed by atoms with Crippen molar-refractivity contribution in [1.29, 1.82) is 0 Å². The molecule has 0 atom stereocenters. The van der Waals surface area contributed by atoms with Gasteiger partial charge in [-0.05, 0) is 35.4 Å². The van der Waals surface area contributed by atoms with Gasteiger partial charge in [-0.1, -0.05) is 56.1 Å². The molecule has 0 aromatic heterocycles. The number of hydrogen-bond donors (Lipinski definition) is 0. The Morgan fingerprint density at radius 3 is 1.67 bits per heavy atom. The van der Waals surface area contributed by atoms with Crippen LogP contribution in [0.5, 0.6) is 0 Å². The van der Waals surface area contributed by atoms with Crippen molar-refractivity contribution in [2.24, 2.45) is 0 Å². The minimum absolute atomic E-state index is 0.589. The maximum Gasteiger partial charge on any atom is 0.131 e. The summed E-state index contributed by atoms with van der Waals surface area (Å²) in [7, 11) is 0. The average molecular weight is 388 g/mol. The average Bonchev–Trinajstić information content (AvgIpc) is 2.28. The summed E-state index contributed by atoms with van der Waals surface area (Å²) in [6.45, 7) is 0. The summed E-state index contributed by atoms with van der Waals surface area (Å²) in [6.07, 6.45) is 0. The molecule has 0 fully saturated rings. The van der Waals surface area contributed by atoms with E-state index in [0.717, 1.165) is 20.1 Å². The fourth-order valence-electron chi connectivity index (χ4n) is 1.68. The van der Waals surface area contributed by atoms with Gasteiger partial charge in [0.05, 0.1) is 0 Å². The van der Waals surface area contributed by atoms with Crippen molar-refractivity contribution in [3.63, 3.8) is 0 Å². The van der Waals surface area contributed by atoms with Crippen LogP contribution < -0.4 is 0 Å². The Morgan fingerprint density at radius 2 is 1.28 bits per heavy atom. The molecule has 0 bridgehead atoms. The molecule has 18 heavy (non-hydrogen) atoms. The van der Waals surface area contributed by atoms with E-state index in [1.54, 1.807) is 0 Å². The molecule has 1 nitrogen and oxygen atoms in total. The molecule has 0 spiro atoms. The third kappa shape index (κ3) is 4.43. The zero-order chi connectivity index (χ0) is 13.0. The number of hydrogen-bond acceptors (Lipinski definition) is 1. The minimum atomic E-state index is -0.880. The summed E-state index contributed by atoms with van der Waals surface area (Å²) in [5, 5.41) is 0. The van der Waals surface area contributed by atoms with Crippen molar-refractivity contribution in [1.82, 2.24) is 0 Å². The number of benzene rings is 2. The van der Waals surface area contributed by atoms with Gasteiger partial charge in [-0.25, -0.2) is 0 Å². The molecule has 2 aromatic rings. The highest BCUT2D eigenvalue weighted by atomic mass is 79.9. The van der Waals surface area contributed by atoms with Crippen molar-refractivity contribution >= 4 is 43.0 Å². The fourth-order valence-corrected chi connectivity index (χ4v) is 3.77. The topological polar surface area (TPSA) is 23.1 Å².